The summed E-state index contributed by atoms with van der Waals surface area (Å²) in [6.07, 6.45) is 1.48. The molecule has 0 saturated heterocycles. The van der Waals surface area contributed by atoms with Gasteiger partial charge in [-0.25, -0.2) is 8.42 Å². The molecule has 0 aliphatic heterocycles. The molecule has 2 rings (SSSR count). The lowest BCUT2D eigenvalue weighted by atomic mass is 10.1. The smallest absolute Gasteiger partial charge is 0.260 e. The Kier molecular flexibility index (Phi) is 4.76. The molecule has 6 nitrogen and oxygen atoms in total. The van der Waals surface area contributed by atoms with E-state index in [0.29, 0.717) is 19.6 Å². The van der Waals surface area contributed by atoms with Crippen molar-refractivity contribution in [3.8, 4) is 0 Å². The van der Waals surface area contributed by atoms with Gasteiger partial charge in [0.2, 0.25) is 0 Å². The third-order valence-corrected chi connectivity index (χ3v) is 5.41. The van der Waals surface area contributed by atoms with Gasteiger partial charge in [-0.05, 0) is 17.2 Å². The molecule has 0 atom stereocenters. The summed E-state index contributed by atoms with van der Waals surface area (Å²) in [4.78, 5) is 0. The van der Waals surface area contributed by atoms with E-state index in [9.17, 15) is 8.42 Å². The summed E-state index contributed by atoms with van der Waals surface area (Å²) >= 11 is 0. The van der Waals surface area contributed by atoms with Gasteiger partial charge in [-0.2, -0.15) is 9.40 Å². The molecule has 0 aliphatic rings. The van der Waals surface area contributed by atoms with Gasteiger partial charge < -0.3 is 5.73 Å². The molecule has 2 aromatic rings. The average Bonchev–Trinajstić information content (AvgIpc) is 2.91. The Balaban J connectivity index is 2.34. The summed E-state index contributed by atoms with van der Waals surface area (Å²) in [5.41, 5.74) is 7.59. The second-order valence-corrected chi connectivity index (χ2v) is 6.58. The largest absolute Gasteiger partial charge is 0.326 e. The van der Waals surface area contributed by atoms with E-state index in [1.807, 2.05) is 31.2 Å². The van der Waals surface area contributed by atoms with Crippen LogP contribution < -0.4 is 5.73 Å². The Labute approximate surface area is 125 Å². The molecule has 0 radical (unpaired) electrons. The molecule has 2 N–H and O–H groups in total. The van der Waals surface area contributed by atoms with E-state index in [0.717, 1.165) is 11.1 Å². The molecule has 0 amide bonds. The number of sulfonamides is 1. The molecule has 21 heavy (non-hydrogen) atoms. The molecule has 0 spiro atoms. The fraction of sp³-hybridized carbons (Fsp3) is 0.357. The van der Waals surface area contributed by atoms with Crippen molar-refractivity contribution < 1.29 is 8.42 Å². The number of nitrogens with zero attached hydrogens (tertiary/aromatic N) is 3. The minimum atomic E-state index is -3.57. The monoisotopic (exact) mass is 308 g/mol. The molecule has 114 valence electrons. The van der Waals surface area contributed by atoms with E-state index in [2.05, 4.69) is 5.10 Å². The van der Waals surface area contributed by atoms with Crippen LogP contribution in [0.5, 0.6) is 0 Å². The van der Waals surface area contributed by atoms with Crippen LogP contribution in [0, 0.1) is 0 Å². The number of aryl methyl sites for hydroxylation is 1. The van der Waals surface area contributed by atoms with E-state index >= 15 is 0 Å². The summed E-state index contributed by atoms with van der Waals surface area (Å²) in [5, 5.41) is 4.12. The number of benzene rings is 1. The second kappa shape index (κ2) is 6.38. The second-order valence-electron chi connectivity index (χ2n) is 4.70. The summed E-state index contributed by atoms with van der Waals surface area (Å²) in [6.45, 7) is 2.89. The van der Waals surface area contributed by atoms with Gasteiger partial charge in [0.25, 0.3) is 10.0 Å². The standard InChI is InChI=1S/C14H20N4O2S/c1-3-18(11-13-7-5-4-6-12(13)10-15)21(19,20)14-8-9-16-17(14)2/h4-9H,3,10-11,15H2,1-2H3. The first-order valence-electron chi connectivity index (χ1n) is 6.75. The zero-order valence-electron chi connectivity index (χ0n) is 12.2. The number of rotatable bonds is 6. The van der Waals surface area contributed by atoms with Crippen LogP contribution in [0.2, 0.25) is 0 Å². The lowest BCUT2D eigenvalue weighted by Gasteiger charge is -2.21. The maximum absolute atomic E-state index is 12.7. The summed E-state index contributed by atoms with van der Waals surface area (Å²) in [5.74, 6) is 0. The lowest BCUT2D eigenvalue weighted by Crippen LogP contribution is -2.32. The quantitative estimate of drug-likeness (QED) is 0.866. The van der Waals surface area contributed by atoms with Crippen molar-refractivity contribution in [1.82, 2.24) is 14.1 Å². The van der Waals surface area contributed by atoms with E-state index in [1.54, 1.807) is 7.05 Å². The minimum absolute atomic E-state index is 0.189. The SMILES string of the molecule is CCN(Cc1ccccc1CN)S(=O)(=O)c1ccnn1C. The first-order valence-corrected chi connectivity index (χ1v) is 8.19. The van der Waals surface area contributed by atoms with Gasteiger partial charge in [0, 0.05) is 26.7 Å². The van der Waals surface area contributed by atoms with Crippen LogP contribution in [0.25, 0.3) is 0 Å². The van der Waals surface area contributed by atoms with Crippen LogP contribution in [0.4, 0.5) is 0 Å². The average molecular weight is 308 g/mol. The first kappa shape index (κ1) is 15.7. The van der Waals surface area contributed by atoms with Gasteiger partial charge in [0.15, 0.2) is 5.03 Å². The van der Waals surface area contributed by atoms with Gasteiger partial charge in [-0.3, -0.25) is 4.68 Å². The van der Waals surface area contributed by atoms with E-state index in [1.165, 1.54) is 21.3 Å². The topological polar surface area (TPSA) is 81.2 Å². The van der Waals surface area contributed by atoms with Crippen LogP contribution in [0.3, 0.4) is 0 Å². The third-order valence-electron chi connectivity index (χ3n) is 3.42. The van der Waals surface area contributed by atoms with Crippen molar-refractivity contribution in [1.29, 1.82) is 0 Å². The van der Waals surface area contributed by atoms with Crippen LogP contribution >= 0.6 is 0 Å². The Morgan fingerprint density at radius 2 is 1.90 bits per heavy atom. The third kappa shape index (κ3) is 3.15. The number of hydrogen-bond donors (Lipinski definition) is 1. The van der Waals surface area contributed by atoms with Crippen LogP contribution in [0.15, 0.2) is 41.6 Å². The number of hydrogen-bond acceptors (Lipinski definition) is 4. The predicted molar refractivity (Wildman–Crippen MR) is 80.8 cm³/mol. The molecule has 1 aromatic heterocycles. The summed E-state index contributed by atoms with van der Waals surface area (Å²) in [6, 6.07) is 9.12. The van der Waals surface area contributed by atoms with Gasteiger partial charge in [0.1, 0.15) is 0 Å². The highest BCUT2D eigenvalue weighted by atomic mass is 32.2. The molecule has 7 heteroatoms. The maximum atomic E-state index is 12.7. The Hall–Kier alpha value is -1.70. The molecule has 1 heterocycles. The highest BCUT2D eigenvalue weighted by molar-refractivity contribution is 7.89. The normalized spacial score (nSPS) is 12.0. The van der Waals surface area contributed by atoms with Crippen LogP contribution in [0.1, 0.15) is 18.1 Å². The highest BCUT2D eigenvalue weighted by Crippen LogP contribution is 2.19. The van der Waals surface area contributed by atoms with Crippen molar-refractivity contribution in [3.05, 3.63) is 47.7 Å². The van der Waals surface area contributed by atoms with Crippen molar-refractivity contribution in [2.24, 2.45) is 12.8 Å². The molecule has 0 fully saturated rings. The minimum Gasteiger partial charge on any atom is -0.326 e. The molecule has 0 unspecified atom stereocenters. The zero-order chi connectivity index (χ0) is 15.5. The van der Waals surface area contributed by atoms with E-state index in [4.69, 9.17) is 5.73 Å². The van der Waals surface area contributed by atoms with Gasteiger partial charge in [-0.15, -0.1) is 0 Å². The Morgan fingerprint density at radius 1 is 1.24 bits per heavy atom. The number of nitrogens with two attached hydrogens (primary N) is 1. The maximum Gasteiger partial charge on any atom is 0.260 e. The van der Waals surface area contributed by atoms with Crippen LogP contribution in [-0.2, 0) is 30.2 Å². The van der Waals surface area contributed by atoms with Crippen molar-refractivity contribution in [3.63, 3.8) is 0 Å². The van der Waals surface area contributed by atoms with Crippen molar-refractivity contribution in [2.45, 2.75) is 25.0 Å². The molecular formula is C14H20N4O2S. The number of aromatic nitrogens is 2. The fourth-order valence-electron chi connectivity index (χ4n) is 2.21. The van der Waals surface area contributed by atoms with E-state index < -0.39 is 10.0 Å². The zero-order valence-corrected chi connectivity index (χ0v) is 13.0. The molecule has 1 aromatic carbocycles. The van der Waals surface area contributed by atoms with Crippen molar-refractivity contribution in [2.75, 3.05) is 6.54 Å². The Bertz CT molecular complexity index is 709. The lowest BCUT2D eigenvalue weighted by molar-refractivity contribution is 0.416. The summed E-state index contributed by atoms with van der Waals surface area (Å²) in [7, 11) is -1.95. The van der Waals surface area contributed by atoms with Gasteiger partial charge >= 0.3 is 0 Å². The summed E-state index contributed by atoms with van der Waals surface area (Å²) < 4.78 is 28.2. The molecule has 0 aliphatic carbocycles. The first-order chi connectivity index (χ1) is 10.0. The highest BCUT2D eigenvalue weighted by Gasteiger charge is 2.26. The van der Waals surface area contributed by atoms with E-state index in [-0.39, 0.29) is 5.03 Å². The van der Waals surface area contributed by atoms with Gasteiger partial charge in [-0.1, -0.05) is 31.2 Å². The van der Waals surface area contributed by atoms with Crippen LogP contribution in [-0.4, -0.2) is 29.0 Å². The predicted octanol–water partition coefficient (Wildman–Crippen LogP) is 1.09. The molecule has 0 saturated carbocycles. The Morgan fingerprint density at radius 3 is 2.43 bits per heavy atom. The fourth-order valence-corrected chi connectivity index (χ4v) is 3.74. The van der Waals surface area contributed by atoms with Gasteiger partial charge in [0.05, 0.1) is 6.20 Å². The molecule has 0 bridgehead atoms. The molecular weight excluding hydrogens is 288 g/mol. The van der Waals surface area contributed by atoms with Crippen molar-refractivity contribution >= 4 is 10.0 Å².